The molecule has 0 bridgehead atoms. The number of hydrogen-bond donors (Lipinski definition) is 3. The maximum Gasteiger partial charge on any atom is 0.417 e. The van der Waals surface area contributed by atoms with Crippen molar-refractivity contribution in [3.05, 3.63) is 28.7 Å². The number of carbonyl (C=O) groups is 1. The van der Waals surface area contributed by atoms with Crippen LogP contribution in [0.1, 0.15) is 25.7 Å². The van der Waals surface area contributed by atoms with E-state index >= 15 is 0 Å². The number of amides is 1. The third-order valence-electron chi connectivity index (χ3n) is 3.56. The second-order valence-corrected chi connectivity index (χ2v) is 5.17. The van der Waals surface area contributed by atoms with Crippen LogP contribution in [0, 0.1) is 0 Å². The largest absolute Gasteiger partial charge is 0.417 e. The predicted octanol–water partition coefficient (Wildman–Crippen LogP) is 1.33. The average molecular weight is 261 g/mol. The minimum absolute atomic E-state index is 0.104. The van der Waals surface area contributed by atoms with Crippen molar-refractivity contribution in [1.29, 1.82) is 0 Å². The molecule has 0 radical (unpaired) electrons. The second kappa shape index (κ2) is 4.24. The van der Waals surface area contributed by atoms with Crippen molar-refractivity contribution < 1.29 is 9.21 Å². The molecule has 1 fully saturated rings. The summed E-state index contributed by atoms with van der Waals surface area (Å²) in [6.07, 6.45) is 3.21. The third-order valence-corrected chi connectivity index (χ3v) is 3.56. The Kier molecular flexibility index (Phi) is 2.67. The lowest BCUT2D eigenvalue weighted by molar-refractivity contribution is -0.118. The van der Waals surface area contributed by atoms with Crippen LogP contribution < -0.4 is 16.8 Å². The lowest BCUT2D eigenvalue weighted by Crippen LogP contribution is -2.48. The normalized spacial score (nSPS) is 17.1. The number of hydrogen-bond acceptors (Lipinski definition) is 4. The molecule has 6 nitrogen and oxygen atoms in total. The van der Waals surface area contributed by atoms with Gasteiger partial charge in [-0.25, -0.2) is 4.79 Å². The fraction of sp³-hybridized carbons (Fsp3) is 0.385. The van der Waals surface area contributed by atoms with E-state index < -0.39 is 5.76 Å². The molecule has 19 heavy (non-hydrogen) atoms. The number of fused-ring (bicyclic) bond motifs is 1. The minimum atomic E-state index is -0.506. The van der Waals surface area contributed by atoms with E-state index in [9.17, 15) is 9.59 Å². The Hall–Kier alpha value is -2.08. The molecule has 1 aliphatic carbocycles. The molecule has 1 aromatic heterocycles. The van der Waals surface area contributed by atoms with Gasteiger partial charge in [0.25, 0.3) is 0 Å². The lowest BCUT2D eigenvalue weighted by Gasteiger charge is -2.37. The molecule has 0 spiro atoms. The number of anilines is 1. The van der Waals surface area contributed by atoms with Crippen LogP contribution in [0.5, 0.6) is 0 Å². The molecule has 1 aliphatic rings. The highest BCUT2D eigenvalue weighted by Crippen LogP contribution is 2.32. The molecular weight excluding hydrogens is 246 g/mol. The molecule has 0 aliphatic heterocycles. The van der Waals surface area contributed by atoms with E-state index in [2.05, 4.69) is 10.3 Å². The van der Waals surface area contributed by atoms with Crippen LogP contribution >= 0.6 is 0 Å². The van der Waals surface area contributed by atoms with E-state index in [-0.39, 0.29) is 11.4 Å². The van der Waals surface area contributed by atoms with E-state index in [1.165, 1.54) is 0 Å². The zero-order valence-electron chi connectivity index (χ0n) is 10.4. The van der Waals surface area contributed by atoms with Gasteiger partial charge in [0.05, 0.1) is 5.52 Å². The Bertz CT molecular complexity index is 682. The molecule has 1 aromatic carbocycles. The van der Waals surface area contributed by atoms with Crippen LogP contribution in [-0.4, -0.2) is 16.4 Å². The highest BCUT2D eigenvalue weighted by atomic mass is 16.4. The number of aromatic amines is 1. The summed E-state index contributed by atoms with van der Waals surface area (Å²) in [5, 5.41) is 2.78. The van der Waals surface area contributed by atoms with Crippen LogP contribution in [0.3, 0.4) is 0 Å². The number of oxazole rings is 1. The predicted molar refractivity (Wildman–Crippen MR) is 70.9 cm³/mol. The standard InChI is InChI=1S/C13H15N3O3/c14-13(4-1-5-13)7-11(17)15-8-2-3-10-9(6-8)16-12(18)19-10/h2-3,6H,1,4-5,7,14H2,(H,15,17)(H,16,18). The summed E-state index contributed by atoms with van der Waals surface area (Å²) in [6, 6.07) is 5.01. The molecule has 1 saturated carbocycles. The summed E-state index contributed by atoms with van der Waals surface area (Å²) in [5.74, 6) is -0.610. The first-order valence-electron chi connectivity index (χ1n) is 6.26. The maximum atomic E-state index is 11.9. The van der Waals surface area contributed by atoms with Gasteiger partial charge in [-0.1, -0.05) is 0 Å². The van der Waals surface area contributed by atoms with Crippen LogP contribution in [0.2, 0.25) is 0 Å². The first kappa shape index (κ1) is 12.0. The topological polar surface area (TPSA) is 101 Å². The number of nitrogens with two attached hydrogens (primary N) is 1. The number of benzene rings is 1. The average Bonchev–Trinajstić information content (AvgIpc) is 2.66. The number of carbonyl (C=O) groups excluding carboxylic acids is 1. The van der Waals surface area contributed by atoms with Crippen LogP contribution in [0.25, 0.3) is 11.1 Å². The molecule has 100 valence electrons. The maximum absolute atomic E-state index is 11.9. The van der Waals surface area contributed by atoms with E-state index in [4.69, 9.17) is 10.2 Å². The fourth-order valence-electron chi connectivity index (χ4n) is 2.36. The van der Waals surface area contributed by atoms with Gasteiger partial charge in [0.15, 0.2) is 5.58 Å². The Morgan fingerprint density at radius 3 is 2.95 bits per heavy atom. The Balaban J connectivity index is 1.73. The smallest absolute Gasteiger partial charge is 0.408 e. The number of aromatic nitrogens is 1. The summed E-state index contributed by atoms with van der Waals surface area (Å²) >= 11 is 0. The molecule has 0 saturated heterocycles. The van der Waals surface area contributed by atoms with Crippen molar-refractivity contribution in [1.82, 2.24) is 4.98 Å². The van der Waals surface area contributed by atoms with Gasteiger partial charge in [-0.15, -0.1) is 0 Å². The van der Waals surface area contributed by atoms with E-state index in [0.717, 1.165) is 19.3 Å². The Labute approximate surface area is 109 Å². The van der Waals surface area contributed by atoms with Crippen molar-refractivity contribution in [2.45, 2.75) is 31.2 Å². The summed E-state index contributed by atoms with van der Waals surface area (Å²) in [5.41, 5.74) is 7.35. The van der Waals surface area contributed by atoms with Gasteiger partial charge in [0.1, 0.15) is 0 Å². The molecule has 6 heteroatoms. The highest BCUT2D eigenvalue weighted by Gasteiger charge is 2.34. The van der Waals surface area contributed by atoms with Gasteiger partial charge in [-0.3, -0.25) is 9.78 Å². The second-order valence-electron chi connectivity index (χ2n) is 5.17. The van der Waals surface area contributed by atoms with Gasteiger partial charge in [-0.2, -0.15) is 0 Å². The van der Waals surface area contributed by atoms with Crippen molar-refractivity contribution in [3.8, 4) is 0 Å². The molecular formula is C13H15N3O3. The van der Waals surface area contributed by atoms with Gasteiger partial charge in [0, 0.05) is 17.6 Å². The van der Waals surface area contributed by atoms with Gasteiger partial charge in [0.2, 0.25) is 5.91 Å². The monoisotopic (exact) mass is 261 g/mol. The minimum Gasteiger partial charge on any atom is -0.408 e. The van der Waals surface area contributed by atoms with Gasteiger partial charge < -0.3 is 15.5 Å². The van der Waals surface area contributed by atoms with Crippen LogP contribution in [0.4, 0.5) is 5.69 Å². The number of rotatable bonds is 3. The van der Waals surface area contributed by atoms with Gasteiger partial charge >= 0.3 is 5.76 Å². The fourth-order valence-corrected chi connectivity index (χ4v) is 2.36. The summed E-state index contributed by atoms with van der Waals surface area (Å²) in [7, 11) is 0. The molecule has 2 aromatic rings. The SMILES string of the molecule is NC1(CC(=O)Nc2ccc3oc(=O)[nH]c3c2)CCC1. The number of nitrogens with one attached hydrogen (secondary N) is 2. The summed E-state index contributed by atoms with van der Waals surface area (Å²) < 4.78 is 4.89. The van der Waals surface area contributed by atoms with Crippen molar-refractivity contribution in [2.24, 2.45) is 5.73 Å². The van der Waals surface area contributed by atoms with Crippen molar-refractivity contribution in [2.75, 3.05) is 5.32 Å². The summed E-state index contributed by atoms with van der Waals surface area (Å²) in [6.45, 7) is 0. The quantitative estimate of drug-likeness (QED) is 0.775. The van der Waals surface area contributed by atoms with Crippen molar-refractivity contribution in [3.63, 3.8) is 0 Å². The zero-order chi connectivity index (χ0) is 13.5. The van der Waals surface area contributed by atoms with Crippen molar-refractivity contribution >= 4 is 22.7 Å². The van der Waals surface area contributed by atoms with E-state index in [1.807, 2.05) is 0 Å². The third kappa shape index (κ3) is 2.39. The summed E-state index contributed by atoms with van der Waals surface area (Å²) in [4.78, 5) is 25.5. The van der Waals surface area contributed by atoms with E-state index in [0.29, 0.717) is 23.2 Å². The molecule has 0 atom stereocenters. The van der Waals surface area contributed by atoms with Gasteiger partial charge in [-0.05, 0) is 37.5 Å². The lowest BCUT2D eigenvalue weighted by atomic mass is 9.75. The first-order valence-corrected chi connectivity index (χ1v) is 6.26. The molecule has 0 unspecified atom stereocenters. The Morgan fingerprint density at radius 1 is 1.47 bits per heavy atom. The molecule has 1 amide bonds. The first-order chi connectivity index (χ1) is 9.04. The van der Waals surface area contributed by atoms with Crippen LogP contribution in [0.15, 0.2) is 27.4 Å². The Morgan fingerprint density at radius 2 is 2.26 bits per heavy atom. The molecule has 4 N–H and O–H groups in total. The zero-order valence-corrected chi connectivity index (χ0v) is 10.4. The molecule has 1 heterocycles. The highest BCUT2D eigenvalue weighted by molar-refractivity contribution is 5.93. The molecule has 3 rings (SSSR count). The van der Waals surface area contributed by atoms with E-state index in [1.54, 1.807) is 18.2 Å². The van der Waals surface area contributed by atoms with Crippen LogP contribution in [-0.2, 0) is 4.79 Å². The number of H-pyrrole nitrogens is 1.